The van der Waals surface area contributed by atoms with Crippen molar-refractivity contribution < 1.29 is 13.2 Å². The second kappa shape index (κ2) is 11.9. The molecule has 0 saturated heterocycles. The van der Waals surface area contributed by atoms with Gasteiger partial charge < -0.3 is 21.8 Å². The number of nitrogens with one attached hydrogen (secondary N) is 2. The summed E-state index contributed by atoms with van der Waals surface area (Å²) in [5.74, 6) is 0.123. The van der Waals surface area contributed by atoms with Crippen LogP contribution in [0.4, 0.5) is 13.2 Å². The number of nitrogens with zero attached hydrogens (tertiary/aromatic N) is 3. The first kappa shape index (κ1) is 25.7. The van der Waals surface area contributed by atoms with Crippen molar-refractivity contribution in [3.8, 4) is 5.69 Å². The second-order valence-electron chi connectivity index (χ2n) is 7.19. The molecule has 2 aromatic heterocycles. The molecule has 0 amide bonds. The van der Waals surface area contributed by atoms with Crippen LogP contribution in [0.15, 0.2) is 58.5 Å². The van der Waals surface area contributed by atoms with Crippen molar-refractivity contribution in [3.63, 3.8) is 0 Å². The molecule has 2 heterocycles. The lowest BCUT2D eigenvalue weighted by molar-refractivity contribution is -0.0799. The van der Waals surface area contributed by atoms with Crippen molar-refractivity contribution in [1.82, 2.24) is 19.9 Å². The maximum atomic E-state index is 12.2. The minimum Gasteiger partial charge on any atom is -0.370 e. The van der Waals surface area contributed by atoms with E-state index in [-0.39, 0.29) is 17.7 Å². The Morgan fingerprint density at radius 2 is 1.97 bits per heavy atom. The zero-order valence-corrected chi connectivity index (χ0v) is 18.5. The summed E-state index contributed by atoms with van der Waals surface area (Å²) in [4.78, 5) is 23.3. The Bertz CT molecular complexity index is 1140. The van der Waals surface area contributed by atoms with Crippen LogP contribution in [-0.4, -0.2) is 39.8 Å². The number of H-pyrrole nitrogens is 1. The van der Waals surface area contributed by atoms with Gasteiger partial charge in [-0.1, -0.05) is 18.2 Å². The Morgan fingerprint density at radius 1 is 1.27 bits per heavy atom. The predicted octanol–water partition coefficient (Wildman–Crippen LogP) is 2.90. The van der Waals surface area contributed by atoms with Crippen molar-refractivity contribution in [2.75, 3.05) is 13.1 Å². The normalized spacial score (nSPS) is 11.4. The number of benzene rings is 1. The number of alkyl halides is 3. The van der Waals surface area contributed by atoms with Gasteiger partial charge in [0.05, 0.1) is 5.69 Å². The fourth-order valence-electron chi connectivity index (χ4n) is 2.92. The van der Waals surface area contributed by atoms with E-state index in [1.807, 2.05) is 43.5 Å². The van der Waals surface area contributed by atoms with E-state index in [4.69, 9.17) is 11.5 Å². The van der Waals surface area contributed by atoms with Crippen LogP contribution < -0.4 is 22.5 Å². The Kier molecular flexibility index (Phi) is 9.22. The monoisotopic (exact) mass is 463 g/mol. The highest BCUT2D eigenvalue weighted by Gasteiger charge is 2.20. The Balaban J connectivity index is 0.000000479. The number of aryl methyl sites for hydroxylation is 1. The number of halogens is 3. The average molecular weight is 464 g/mol. The van der Waals surface area contributed by atoms with Crippen LogP contribution in [0.3, 0.4) is 0 Å². The predicted molar refractivity (Wildman–Crippen MR) is 124 cm³/mol. The van der Waals surface area contributed by atoms with Crippen molar-refractivity contribution in [1.29, 1.82) is 0 Å². The zero-order chi connectivity index (χ0) is 24.4. The average Bonchev–Trinajstić information content (AvgIpc) is 3.08. The zero-order valence-electron chi connectivity index (χ0n) is 18.5. The fraction of sp³-hybridized carbons (Fsp3) is 0.318. The first-order valence-electron chi connectivity index (χ1n) is 10.2. The molecule has 0 aliphatic carbocycles. The highest BCUT2D eigenvalue weighted by Crippen LogP contribution is 2.15. The molecule has 178 valence electrons. The maximum absolute atomic E-state index is 12.2. The molecule has 3 rings (SSSR count). The molecule has 0 bridgehead atoms. The number of aliphatic imine (C=N–C) groups is 1. The lowest BCUT2D eigenvalue weighted by atomic mass is 10.2. The number of hydrogen-bond donors (Lipinski definition) is 4. The summed E-state index contributed by atoms with van der Waals surface area (Å²) in [6.45, 7) is 5.45. The standard InChI is InChI=1S/C18H23N7O.C4H5F3/c1-12-9-14-11-25(18(26)24-16(14)23-12)15-5-3-13(4-6-15)10-21-7-2-8-22-17(19)20;1-2-3-4(5,6)7/h3-6,9,11,21H,2,7-8,10H2,1H3,(H4,19,20,22)(H,23,24,26);2-3H,1H3/b;3-2-. The highest BCUT2D eigenvalue weighted by atomic mass is 19.4. The van der Waals surface area contributed by atoms with Gasteiger partial charge in [-0.15, -0.1) is 0 Å². The van der Waals surface area contributed by atoms with E-state index in [1.54, 1.807) is 4.57 Å². The largest absolute Gasteiger partial charge is 0.409 e. The van der Waals surface area contributed by atoms with Crippen LogP contribution in [0.2, 0.25) is 0 Å². The molecule has 3 aromatic rings. The summed E-state index contributed by atoms with van der Waals surface area (Å²) in [6.07, 6.45) is -0.306. The molecule has 0 spiro atoms. The number of allylic oxidation sites excluding steroid dienone is 2. The molecular weight excluding hydrogens is 435 g/mol. The second-order valence-corrected chi connectivity index (χ2v) is 7.19. The molecule has 33 heavy (non-hydrogen) atoms. The molecule has 0 aliphatic rings. The van der Waals surface area contributed by atoms with Gasteiger partial charge in [0.15, 0.2) is 5.96 Å². The van der Waals surface area contributed by atoms with Crippen LogP contribution in [0.1, 0.15) is 24.6 Å². The van der Waals surface area contributed by atoms with E-state index in [0.717, 1.165) is 47.9 Å². The summed E-state index contributed by atoms with van der Waals surface area (Å²) < 4.78 is 34.5. The van der Waals surface area contributed by atoms with Gasteiger partial charge in [0.25, 0.3) is 0 Å². The molecule has 6 N–H and O–H groups in total. The molecule has 8 nitrogen and oxygen atoms in total. The minimum atomic E-state index is -4.13. The Hall–Kier alpha value is -3.60. The third-order valence-corrected chi connectivity index (χ3v) is 4.35. The first-order valence-corrected chi connectivity index (χ1v) is 10.2. The van der Waals surface area contributed by atoms with Crippen molar-refractivity contribution in [2.24, 2.45) is 16.5 Å². The summed E-state index contributed by atoms with van der Waals surface area (Å²) in [5, 5.41) is 4.25. The maximum Gasteiger partial charge on any atom is 0.409 e. The third kappa shape index (κ3) is 8.81. The van der Waals surface area contributed by atoms with E-state index < -0.39 is 6.18 Å². The van der Waals surface area contributed by atoms with Crippen LogP contribution >= 0.6 is 0 Å². The number of nitrogens with two attached hydrogens (primary N) is 2. The molecule has 0 aliphatic heterocycles. The number of aromatic amines is 1. The van der Waals surface area contributed by atoms with Crippen LogP contribution in [0, 0.1) is 6.92 Å². The van der Waals surface area contributed by atoms with Gasteiger partial charge in [-0.05, 0) is 50.6 Å². The van der Waals surface area contributed by atoms with Gasteiger partial charge in [0.2, 0.25) is 0 Å². The highest BCUT2D eigenvalue weighted by molar-refractivity contribution is 5.76. The van der Waals surface area contributed by atoms with Gasteiger partial charge in [0, 0.05) is 36.4 Å². The van der Waals surface area contributed by atoms with E-state index in [9.17, 15) is 18.0 Å². The summed E-state index contributed by atoms with van der Waals surface area (Å²) in [5.41, 5.74) is 13.8. The molecule has 0 saturated carbocycles. The molecule has 0 radical (unpaired) electrons. The lowest BCUT2D eigenvalue weighted by Crippen LogP contribution is -2.23. The molecule has 0 atom stereocenters. The van der Waals surface area contributed by atoms with Gasteiger partial charge in [-0.2, -0.15) is 18.2 Å². The van der Waals surface area contributed by atoms with Gasteiger partial charge >= 0.3 is 11.9 Å². The van der Waals surface area contributed by atoms with Crippen molar-refractivity contribution >= 4 is 17.0 Å². The quantitative estimate of drug-likeness (QED) is 0.185. The number of fused-ring (bicyclic) bond motifs is 1. The van der Waals surface area contributed by atoms with Crippen LogP contribution in [0.5, 0.6) is 0 Å². The van der Waals surface area contributed by atoms with E-state index >= 15 is 0 Å². The smallest absolute Gasteiger partial charge is 0.370 e. The van der Waals surface area contributed by atoms with Gasteiger partial charge in [0.1, 0.15) is 5.65 Å². The lowest BCUT2D eigenvalue weighted by Gasteiger charge is -2.08. The van der Waals surface area contributed by atoms with Crippen molar-refractivity contribution in [2.45, 2.75) is 33.0 Å². The first-order chi connectivity index (χ1) is 15.6. The minimum absolute atomic E-state index is 0.123. The molecule has 11 heteroatoms. The van der Waals surface area contributed by atoms with E-state index in [1.165, 1.54) is 6.92 Å². The summed E-state index contributed by atoms with van der Waals surface area (Å²) >= 11 is 0. The van der Waals surface area contributed by atoms with Crippen LogP contribution in [-0.2, 0) is 6.54 Å². The number of rotatable bonds is 7. The van der Waals surface area contributed by atoms with Gasteiger partial charge in [-0.3, -0.25) is 9.56 Å². The third-order valence-electron chi connectivity index (χ3n) is 4.35. The molecular formula is C22H28F3N7O. The number of guanidine groups is 1. The van der Waals surface area contributed by atoms with E-state index in [2.05, 4.69) is 20.3 Å². The Labute approximate surface area is 189 Å². The topological polar surface area (TPSA) is 127 Å². The van der Waals surface area contributed by atoms with E-state index in [0.29, 0.717) is 12.2 Å². The SMILES string of the molecule is C/C=C\C(F)(F)F.Cc1cc2cn(-c3ccc(CNCCCN=C(N)N)cc3)c(=O)nc2[nH]1. The van der Waals surface area contributed by atoms with Crippen molar-refractivity contribution in [3.05, 3.63) is 70.4 Å². The summed E-state index contributed by atoms with van der Waals surface area (Å²) in [7, 11) is 0. The number of aromatic nitrogens is 3. The van der Waals surface area contributed by atoms with Gasteiger partial charge in [-0.25, -0.2) is 4.79 Å². The molecule has 0 unspecified atom stereocenters. The molecule has 0 fully saturated rings. The molecule has 1 aromatic carbocycles. The number of hydrogen-bond acceptors (Lipinski definition) is 4. The Morgan fingerprint density at radius 3 is 2.55 bits per heavy atom. The summed E-state index contributed by atoms with van der Waals surface area (Å²) in [6, 6.07) is 9.81. The fourth-order valence-corrected chi connectivity index (χ4v) is 2.92. The van der Waals surface area contributed by atoms with Crippen LogP contribution in [0.25, 0.3) is 16.7 Å².